The van der Waals surface area contributed by atoms with Crippen molar-refractivity contribution < 1.29 is 4.74 Å². The van der Waals surface area contributed by atoms with Crippen LogP contribution in [0.1, 0.15) is 20.3 Å². The largest absolute Gasteiger partial charge is 0.782 e. The van der Waals surface area contributed by atoms with Gasteiger partial charge in [0.2, 0.25) is 0 Å². The Labute approximate surface area is 61.5 Å². The Bertz CT molecular complexity index is 80.1. The van der Waals surface area contributed by atoms with Crippen LogP contribution in [0.3, 0.4) is 0 Å². The highest BCUT2D eigenvalue weighted by Gasteiger charge is 1.99. The molecule has 0 saturated carbocycles. The van der Waals surface area contributed by atoms with Crippen molar-refractivity contribution in [1.29, 1.82) is 0 Å². The maximum absolute atomic E-state index is 10.7. The fraction of sp³-hybridized carbons (Fsp3) is 1.00. The van der Waals surface area contributed by atoms with Crippen LogP contribution in [0.4, 0.5) is 0 Å². The summed E-state index contributed by atoms with van der Waals surface area (Å²) >= 11 is 0. The molecule has 2 N–H and O–H groups in total. The van der Waals surface area contributed by atoms with Gasteiger partial charge in [-0.05, 0) is 13.3 Å². The average molecular weight is 147 g/mol. The molecule has 0 radical (unpaired) electrons. The highest BCUT2D eigenvalue weighted by Crippen LogP contribution is 1.96. The number of nitrogens with two attached hydrogens (primary N) is 1. The lowest BCUT2D eigenvalue weighted by atomic mass is 10.5. The first-order valence-corrected chi connectivity index (χ1v) is 3.47. The first-order valence-electron chi connectivity index (χ1n) is 3.47. The molecule has 4 nitrogen and oxygen atoms in total. The molecule has 0 aliphatic heterocycles. The third-order valence-electron chi connectivity index (χ3n) is 1.15. The van der Waals surface area contributed by atoms with E-state index >= 15 is 0 Å². The van der Waals surface area contributed by atoms with E-state index in [-0.39, 0.29) is 6.67 Å². The molecule has 0 heterocycles. The zero-order chi connectivity index (χ0) is 7.98. The van der Waals surface area contributed by atoms with Crippen LogP contribution in [0.2, 0.25) is 0 Å². The molecule has 0 saturated heterocycles. The number of ether oxygens (including phenoxy) is 1. The second kappa shape index (κ2) is 5.61. The van der Waals surface area contributed by atoms with Crippen LogP contribution in [0.25, 0.3) is 0 Å². The molecule has 0 bridgehead atoms. The minimum atomic E-state index is -0.412. The fourth-order valence-electron chi connectivity index (χ4n) is 0.520. The molecule has 0 aromatic heterocycles. The van der Waals surface area contributed by atoms with E-state index in [0.29, 0.717) is 11.7 Å². The van der Waals surface area contributed by atoms with Gasteiger partial charge in [0.15, 0.2) is 0 Å². The summed E-state index contributed by atoms with van der Waals surface area (Å²) in [6.45, 7) is 4.28. The van der Waals surface area contributed by atoms with E-state index in [9.17, 15) is 5.21 Å². The Hall–Kier alpha value is -0.160. The first kappa shape index (κ1) is 9.84. The second-order valence-electron chi connectivity index (χ2n) is 2.07. The Kier molecular flexibility index (Phi) is 5.52. The molecule has 1 atom stereocenters. The lowest BCUT2D eigenvalue weighted by Crippen LogP contribution is -2.34. The van der Waals surface area contributed by atoms with Gasteiger partial charge in [-0.25, -0.2) is 0 Å². The van der Waals surface area contributed by atoms with Crippen molar-refractivity contribution in [2.75, 3.05) is 13.3 Å². The van der Waals surface area contributed by atoms with Crippen molar-refractivity contribution in [2.45, 2.75) is 26.5 Å². The highest BCUT2D eigenvalue weighted by molar-refractivity contribution is 4.54. The van der Waals surface area contributed by atoms with Gasteiger partial charge in [0, 0.05) is 13.3 Å². The van der Waals surface area contributed by atoms with Gasteiger partial charge in [0.25, 0.3) is 0 Å². The van der Waals surface area contributed by atoms with Gasteiger partial charge in [0.05, 0.1) is 6.23 Å². The lowest BCUT2D eigenvalue weighted by molar-refractivity contribution is -0.0225. The van der Waals surface area contributed by atoms with Crippen molar-refractivity contribution in [3.05, 3.63) is 5.21 Å². The molecule has 4 heteroatoms. The molecule has 0 aliphatic rings. The Morgan fingerprint density at radius 3 is 2.70 bits per heavy atom. The van der Waals surface area contributed by atoms with E-state index in [4.69, 9.17) is 10.5 Å². The number of hydrogen-bond donors (Lipinski definition) is 1. The van der Waals surface area contributed by atoms with Crippen LogP contribution in [0.15, 0.2) is 0 Å². The standard InChI is InChI=1S/C6H15N2O2/c1-3-4-10-6(2)8(9)5-7/h6H,3-5,7H2,1-2H3/q-1. The summed E-state index contributed by atoms with van der Waals surface area (Å²) in [6.07, 6.45) is 0.507. The van der Waals surface area contributed by atoms with E-state index < -0.39 is 6.23 Å². The predicted molar refractivity (Wildman–Crippen MR) is 40.0 cm³/mol. The second-order valence-corrected chi connectivity index (χ2v) is 2.07. The fourth-order valence-corrected chi connectivity index (χ4v) is 0.520. The maximum atomic E-state index is 10.7. The zero-order valence-electron chi connectivity index (χ0n) is 6.54. The number of hydroxylamine groups is 2. The predicted octanol–water partition coefficient (Wildman–Crippen LogP) is 0.475. The van der Waals surface area contributed by atoms with Crippen LogP contribution in [0, 0.1) is 5.21 Å². The number of nitrogens with zero attached hydrogens (tertiary/aromatic N) is 1. The smallest absolute Gasteiger partial charge is 0.0969 e. The van der Waals surface area contributed by atoms with Crippen molar-refractivity contribution >= 4 is 0 Å². The SMILES string of the molecule is CCCOC(C)N([O-])CN. The molecular weight excluding hydrogens is 132 g/mol. The van der Waals surface area contributed by atoms with Crippen molar-refractivity contribution in [2.24, 2.45) is 5.73 Å². The Morgan fingerprint density at radius 1 is 1.70 bits per heavy atom. The van der Waals surface area contributed by atoms with Gasteiger partial charge in [-0.3, -0.25) is 0 Å². The summed E-state index contributed by atoms with van der Waals surface area (Å²) in [5.41, 5.74) is 5.08. The number of rotatable bonds is 5. The van der Waals surface area contributed by atoms with Gasteiger partial charge in [0.1, 0.15) is 0 Å². The van der Waals surface area contributed by atoms with Crippen LogP contribution in [0.5, 0.6) is 0 Å². The molecule has 0 rings (SSSR count). The van der Waals surface area contributed by atoms with Crippen molar-refractivity contribution in [3.63, 3.8) is 0 Å². The van der Waals surface area contributed by atoms with E-state index in [2.05, 4.69) is 0 Å². The van der Waals surface area contributed by atoms with Crippen LogP contribution in [-0.4, -0.2) is 24.6 Å². The Morgan fingerprint density at radius 2 is 2.30 bits per heavy atom. The summed E-state index contributed by atoms with van der Waals surface area (Å²) in [5, 5.41) is 11.4. The van der Waals surface area contributed by atoms with Crippen LogP contribution in [-0.2, 0) is 4.74 Å². The lowest BCUT2D eigenvalue weighted by Gasteiger charge is -2.32. The summed E-state index contributed by atoms with van der Waals surface area (Å²) in [6, 6.07) is 0. The van der Waals surface area contributed by atoms with E-state index in [1.165, 1.54) is 0 Å². The molecule has 0 aromatic rings. The number of hydrogen-bond acceptors (Lipinski definition) is 4. The molecule has 0 aromatic carbocycles. The van der Waals surface area contributed by atoms with E-state index in [1.54, 1.807) is 6.92 Å². The topological polar surface area (TPSA) is 61.5 Å². The molecule has 62 valence electrons. The third kappa shape index (κ3) is 3.79. The van der Waals surface area contributed by atoms with Gasteiger partial charge in [-0.1, -0.05) is 6.92 Å². The molecule has 0 aliphatic carbocycles. The van der Waals surface area contributed by atoms with Crippen LogP contribution < -0.4 is 5.73 Å². The van der Waals surface area contributed by atoms with Gasteiger partial charge in [-0.15, -0.1) is 0 Å². The molecule has 0 fully saturated rings. The van der Waals surface area contributed by atoms with Crippen molar-refractivity contribution in [1.82, 2.24) is 5.06 Å². The molecule has 1 unspecified atom stereocenters. The normalized spacial score (nSPS) is 14.1. The average Bonchev–Trinajstić information content (AvgIpc) is 1.98. The zero-order valence-corrected chi connectivity index (χ0v) is 6.54. The quantitative estimate of drug-likeness (QED) is 0.453. The maximum Gasteiger partial charge on any atom is 0.0969 e. The van der Waals surface area contributed by atoms with Gasteiger partial charge in [-0.2, -0.15) is 0 Å². The van der Waals surface area contributed by atoms with E-state index in [0.717, 1.165) is 6.42 Å². The molecular formula is C6H15N2O2-. The minimum Gasteiger partial charge on any atom is -0.782 e. The Balaban J connectivity index is 3.31. The molecule has 10 heavy (non-hydrogen) atoms. The summed E-state index contributed by atoms with van der Waals surface area (Å²) in [4.78, 5) is 0. The minimum absolute atomic E-state index is 0.00905. The summed E-state index contributed by atoms with van der Waals surface area (Å²) in [7, 11) is 0. The monoisotopic (exact) mass is 147 g/mol. The molecule has 0 spiro atoms. The highest BCUT2D eigenvalue weighted by atomic mass is 16.6. The summed E-state index contributed by atoms with van der Waals surface area (Å²) in [5.74, 6) is 0. The summed E-state index contributed by atoms with van der Waals surface area (Å²) < 4.78 is 5.08. The van der Waals surface area contributed by atoms with Gasteiger partial charge < -0.3 is 20.7 Å². The van der Waals surface area contributed by atoms with Crippen LogP contribution >= 0.6 is 0 Å². The molecule has 0 amide bonds. The van der Waals surface area contributed by atoms with Crippen molar-refractivity contribution in [3.8, 4) is 0 Å². The van der Waals surface area contributed by atoms with Gasteiger partial charge >= 0.3 is 0 Å². The van der Waals surface area contributed by atoms with E-state index in [1.807, 2.05) is 6.92 Å². The third-order valence-corrected chi connectivity index (χ3v) is 1.15. The first-order chi connectivity index (χ1) is 4.72.